The van der Waals surface area contributed by atoms with Gasteiger partial charge in [-0.25, -0.2) is 4.39 Å². The first-order valence-electron chi connectivity index (χ1n) is 4.54. The molecule has 1 aromatic carbocycles. The molecule has 0 fully saturated rings. The van der Waals surface area contributed by atoms with Crippen LogP contribution in [-0.2, 0) is 6.18 Å². The molecule has 0 aromatic heterocycles. The van der Waals surface area contributed by atoms with Crippen molar-refractivity contribution in [1.29, 1.82) is 0 Å². The van der Waals surface area contributed by atoms with Crippen LogP contribution in [0.4, 0.5) is 17.6 Å². The number of rotatable bonds is 2. The second kappa shape index (κ2) is 4.39. The summed E-state index contributed by atoms with van der Waals surface area (Å²) in [7, 11) is 0. The van der Waals surface area contributed by atoms with Crippen molar-refractivity contribution in [1.82, 2.24) is 0 Å². The van der Waals surface area contributed by atoms with E-state index in [4.69, 9.17) is 5.73 Å². The Kier molecular flexibility index (Phi) is 3.54. The summed E-state index contributed by atoms with van der Waals surface area (Å²) in [5, 5.41) is 9.44. The van der Waals surface area contributed by atoms with Crippen LogP contribution in [0.2, 0.25) is 0 Å². The van der Waals surface area contributed by atoms with E-state index in [0.29, 0.717) is 6.07 Å². The summed E-state index contributed by atoms with van der Waals surface area (Å²) in [6, 6.07) is 1.89. The lowest BCUT2D eigenvalue weighted by Crippen LogP contribution is -2.26. The predicted octanol–water partition coefficient (Wildman–Crippen LogP) is 2.23. The SMILES string of the molecule is C[C@@H](N)[C@@H](O)c1cccc(C(F)(F)F)c1F. The Morgan fingerprint density at radius 1 is 1.31 bits per heavy atom. The van der Waals surface area contributed by atoms with Crippen molar-refractivity contribution in [2.45, 2.75) is 25.2 Å². The maximum Gasteiger partial charge on any atom is 0.419 e. The zero-order valence-corrected chi connectivity index (χ0v) is 8.42. The lowest BCUT2D eigenvalue weighted by molar-refractivity contribution is -0.140. The van der Waals surface area contributed by atoms with Crippen molar-refractivity contribution in [3.8, 4) is 0 Å². The van der Waals surface area contributed by atoms with Gasteiger partial charge >= 0.3 is 6.18 Å². The molecule has 3 N–H and O–H groups in total. The molecular weight excluding hydrogens is 226 g/mol. The minimum Gasteiger partial charge on any atom is -0.387 e. The van der Waals surface area contributed by atoms with Gasteiger partial charge in [-0.1, -0.05) is 12.1 Å². The van der Waals surface area contributed by atoms with Gasteiger partial charge in [-0.2, -0.15) is 13.2 Å². The fourth-order valence-corrected chi connectivity index (χ4v) is 1.28. The van der Waals surface area contributed by atoms with Crippen LogP contribution in [0.15, 0.2) is 18.2 Å². The summed E-state index contributed by atoms with van der Waals surface area (Å²) in [5.41, 5.74) is 3.46. The molecule has 0 unspecified atom stereocenters. The fraction of sp³-hybridized carbons (Fsp3) is 0.400. The molecule has 1 aromatic rings. The Bertz CT molecular complexity index is 376. The van der Waals surface area contributed by atoms with Crippen LogP contribution in [0.1, 0.15) is 24.2 Å². The van der Waals surface area contributed by atoms with Crippen molar-refractivity contribution in [3.63, 3.8) is 0 Å². The molecule has 90 valence electrons. The molecule has 0 saturated carbocycles. The van der Waals surface area contributed by atoms with E-state index in [-0.39, 0.29) is 0 Å². The lowest BCUT2D eigenvalue weighted by Gasteiger charge is -2.17. The average Bonchev–Trinajstić information content (AvgIpc) is 2.15. The molecule has 0 heterocycles. The molecule has 0 spiro atoms. The van der Waals surface area contributed by atoms with Gasteiger partial charge in [0, 0.05) is 11.6 Å². The van der Waals surface area contributed by atoms with Crippen molar-refractivity contribution in [2.75, 3.05) is 0 Å². The summed E-state index contributed by atoms with van der Waals surface area (Å²) in [4.78, 5) is 0. The first kappa shape index (κ1) is 12.9. The van der Waals surface area contributed by atoms with Crippen LogP contribution in [-0.4, -0.2) is 11.1 Å². The highest BCUT2D eigenvalue weighted by molar-refractivity contribution is 5.30. The molecule has 0 aliphatic carbocycles. The average molecular weight is 237 g/mol. The summed E-state index contributed by atoms with van der Waals surface area (Å²) >= 11 is 0. The van der Waals surface area contributed by atoms with E-state index in [2.05, 4.69) is 0 Å². The van der Waals surface area contributed by atoms with Crippen LogP contribution in [0.5, 0.6) is 0 Å². The van der Waals surface area contributed by atoms with Crippen LogP contribution in [0.3, 0.4) is 0 Å². The quantitative estimate of drug-likeness (QED) is 0.775. The number of nitrogens with two attached hydrogens (primary N) is 1. The van der Waals surface area contributed by atoms with Crippen LogP contribution in [0.25, 0.3) is 0 Å². The summed E-state index contributed by atoms with van der Waals surface area (Å²) in [6.45, 7) is 1.38. The van der Waals surface area contributed by atoms with Gasteiger partial charge in [-0.05, 0) is 13.0 Å². The molecule has 0 saturated heterocycles. The molecule has 0 aliphatic rings. The van der Waals surface area contributed by atoms with Gasteiger partial charge in [0.2, 0.25) is 0 Å². The molecule has 0 aliphatic heterocycles. The van der Waals surface area contributed by atoms with Crippen molar-refractivity contribution < 1.29 is 22.7 Å². The molecule has 0 radical (unpaired) electrons. The third-order valence-corrected chi connectivity index (χ3v) is 2.15. The van der Waals surface area contributed by atoms with Gasteiger partial charge in [0.05, 0.1) is 11.7 Å². The normalized spacial score (nSPS) is 15.9. The van der Waals surface area contributed by atoms with Crippen molar-refractivity contribution in [2.24, 2.45) is 5.73 Å². The Morgan fingerprint density at radius 2 is 1.88 bits per heavy atom. The van der Waals surface area contributed by atoms with Gasteiger partial charge in [0.1, 0.15) is 5.82 Å². The Labute approximate surface area is 89.7 Å². The minimum atomic E-state index is -4.78. The number of aliphatic hydroxyl groups is 1. The molecule has 0 bridgehead atoms. The second-order valence-corrected chi connectivity index (χ2v) is 3.51. The molecule has 16 heavy (non-hydrogen) atoms. The van der Waals surface area contributed by atoms with Gasteiger partial charge in [-0.15, -0.1) is 0 Å². The lowest BCUT2D eigenvalue weighted by atomic mass is 10.0. The number of alkyl halides is 3. The molecule has 6 heteroatoms. The Morgan fingerprint density at radius 3 is 2.31 bits per heavy atom. The molecule has 2 atom stereocenters. The number of halogens is 4. The maximum absolute atomic E-state index is 13.4. The highest BCUT2D eigenvalue weighted by Crippen LogP contribution is 2.34. The van der Waals surface area contributed by atoms with E-state index < -0.39 is 35.3 Å². The molecule has 1 rings (SSSR count). The van der Waals surface area contributed by atoms with Crippen LogP contribution >= 0.6 is 0 Å². The first-order valence-corrected chi connectivity index (χ1v) is 4.54. The first-order chi connectivity index (χ1) is 7.25. The van der Waals surface area contributed by atoms with E-state index >= 15 is 0 Å². The zero-order chi connectivity index (χ0) is 12.5. The largest absolute Gasteiger partial charge is 0.419 e. The topological polar surface area (TPSA) is 46.2 Å². The number of benzene rings is 1. The summed E-state index contributed by atoms with van der Waals surface area (Å²) < 4.78 is 50.5. The summed E-state index contributed by atoms with van der Waals surface area (Å²) in [6.07, 6.45) is -6.24. The van der Waals surface area contributed by atoms with Gasteiger partial charge in [-0.3, -0.25) is 0 Å². The molecular formula is C10H11F4NO. The van der Waals surface area contributed by atoms with Crippen LogP contribution < -0.4 is 5.73 Å². The maximum atomic E-state index is 13.4. The van der Waals surface area contributed by atoms with Gasteiger partial charge in [0.15, 0.2) is 0 Å². The predicted molar refractivity (Wildman–Crippen MR) is 50.0 cm³/mol. The zero-order valence-electron chi connectivity index (χ0n) is 8.42. The third kappa shape index (κ3) is 2.51. The van der Waals surface area contributed by atoms with E-state index in [9.17, 15) is 22.7 Å². The van der Waals surface area contributed by atoms with Crippen LogP contribution in [0, 0.1) is 5.82 Å². The molecule has 0 amide bonds. The second-order valence-electron chi connectivity index (χ2n) is 3.51. The minimum absolute atomic E-state index is 0.440. The van der Waals surface area contributed by atoms with E-state index in [1.807, 2.05) is 0 Å². The molecule has 2 nitrogen and oxygen atoms in total. The smallest absolute Gasteiger partial charge is 0.387 e. The van der Waals surface area contributed by atoms with Crippen molar-refractivity contribution >= 4 is 0 Å². The monoisotopic (exact) mass is 237 g/mol. The van der Waals surface area contributed by atoms with Gasteiger partial charge < -0.3 is 10.8 Å². The van der Waals surface area contributed by atoms with Gasteiger partial charge in [0.25, 0.3) is 0 Å². The number of hydrogen-bond acceptors (Lipinski definition) is 2. The third-order valence-electron chi connectivity index (χ3n) is 2.15. The number of aliphatic hydroxyl groups excluding tert-OH is 1. The standard InChI is InChI=1S/C10H11F4NO/c1-5(15)9(16)6-3-2-4-7(8(6)11)10(12,13)14/h2-5,9,16H,15H2,1H3/t5-,9-/m1/s1. The summed E-state index contributed by atoms with van der Waals surface area (Å²) in [5.74, 6) is -1.47. The fourth-order valence-electron chi connectivity index (χ4n) is 1.28. The van der Waals surface area contributed by atoms with E-state index in [1.165, 1.54) is 6.92 Å². The highest BCUT2D eigenvalue weighted by Gasteiger charge is 2.35. The van der Waals surface area contributed by atoms with Crippen molar-refractivity contribution in [3.05, 3.63) is 35.1 Å². The Balaban J connectivity index is 3.24. The van der Waals surface area contributed by atoms with E-state index in [1.54, 1.807) is 0 Å². The Hall–Kier alpha value is -1.14. The number of hydrogen-bond donors (Lipinski definition) is 2. The van der Waals surface area contributed by atoms with E-state index in [0.717, 1.165) is 12.1 Å². The highest BCUT2D eigenvalue weighted by atomic mass is 19.4.